The molecule has 0 aliphatic heterocycles. The number of anilines is 1. The van der Waals surface area contributed by atoms with Gasteiger partial charge in [0.25, 0.3) is 0 Å². The van der Waals surface area contributed by atoms with Gasteiger partial charge in [-0.2, -0.15) is 0 Å². The van der Waals surface area contributed by atoms with Gasteiger partial charge in [-0.15, -0.1) is 0 Å². The summed E-state index contributed by atoms with van der Waals surface area (Å²) in [6, 6.07) is 5.36. The summed E-state index contributed by atoms with van der Waals surface area (Å²) in [6.07, 6.45) is 4.31. The second kappa shape index (κ2) is 7.61. The molecule has 0 aliphatic carbocycles. The zero-order valence-corrected chi connectivity index (χ0v) is 11.8. The Morgan fingerprint density at radius 2 is 1.95 bits per heavy atom. The smallest absolute Gasteiger partial charge is 0.312 e. The van der Waals surface area contributed by atoms with E-state index in [4.69, 9.17) is 4.74 Å². The van der Waals surface area contributed by atoms with E-state index in [0.29, 0.717) is 6.04 Å². The maximum atomic E-state index is 11.0. The molecule has 0 saturated heterocycles. The van der Waals surface area contributed by atoms with Gasteiger partial charge >= 0.3 is 5.69 Å². The number of nitrogens with zero attached hydrogens (tertiary/aromatic N) is 1. The van der Waals surface area contributed by atoms with E-state index >= 15 is 0 Å². The first-order chi connectivity index (χ1) is 9.12. The third-order valence-electron chi connectivity index (χ3n) is 3.02. The Bertz CT molecular complexity index is 415. The normalized spacial score (nSPS) is 10.5. The molecule has 0 amide bonds. The molecular formula is C14H22N2O3. The molecule has 106 valence electrons. The van der Waals surface area contributed by atoms with Crippen molar-refractivity contribution >= 4 is 11.4 Å². The molecule has 0 bridgehead atoms. The SMILES string of the molecule is CCCC(CCC)Nc1ccc(OC)c([N+](=O)[O-])c1. The fourth-order valence-electron chi connectivity index (χ4n) is 2.14. The quantitative estimate of drug-likeness (QED) is 0.571. The van der Waals surface area contributed by atoms with Gasteiger partial charge in [0.1, 0.15) is 0 Å². The van der Waals surface area contributed by atoms with Crippen molar-refractivity contribution in [2.75, 3.05) is 12.4 Å². The molecular weight excluding hydrogens is 244 g/mol. The molecule has 0 heterocycles. The van der Waals surface area contributed by atoms with Crippen molar-refractivity contribution in [3.8, 4) is 5.75 Å². The molecule has 5 heteroatoms. The van der Waals surface area contributed by atoms with Crippen LogP contribution in [-0.4, -0.2) is 18.1 Å². The van der Waals surface area contributed by atoms with E-state index in [1.165, 1.54) is 13.2 Å². The van der Waals surface area contributed by atoms with E-state index in [1.54, 1.807) is 6.07 Å². The number of methoxy groups -OCH3 is 1. The lowest BCUT2D eigenvalue weighted by molar-refractivity contribution is -0.385. The van der Waals surface area contributed by atoms with Crippen molar-refractivity contribution in [1.29, 1.82) is 0 Å². The average molecular weight is 266 g/mol. The number of hydrogen-bond acceptors (Lipinski definition) is 4. The van der Waals surface area contributed by atoms with Crippen LogP contribution >= 0.6 is 0 Å². The topological polar surface area (TPSA) is 64.4 Å². The highest BCUT2D eigenvalue weighted by molar-refractivity contribution is 5.58. The highest BCUT2D eigenvalue weighted by Gasteiger charge is 2.16. The number of nitrogens with one attached hydrogen (secondary N) is 1. The first kappa shape index (κ1) is 15.3. The van der Waals surface area contributed by atoms with Crippen LogP contribution in [0.4, 0.5) is 11.4 Å². The molecule has 0 atom stereocenters. The number of hydrogen-bond donors (Lipinski definition) is 1. The third kappa shape index (κ3) is 4.43. The molecule has 5 nitrogen and oxygen atoms in total. The number of nitro groups is 1. The Labute approximate surface area is 114 Å². The van der Waals surface area contributed by atoms with Crippen molar-refractivity contribution in [2.45, 2.75) is 45.6 Å². The van der Waals surface area contributed by atoms with Crippen LogP contribution in [0.3, 0.4) is 0 Å². The van der Waals surface area contributed by atoms with Gasteiger partial charge in [0.15, 0.2) is 5.75 Å². The van der Waals surface area contributed by atoms with E-state index < -0.39 is 4.92 Å². The second-order valence-electron chi connectivity index (χ2n) is 4.56. The minimum atomic E-state index is -0.418. The number of nitro benzene ring substituents is 1. The van der Waals surface area contributed by atoms with Crippen molar-refractivity contribution in [2.24, 2.45) is 0 Å². The largest absolute Gasteiger partial charge is 0.490 e. The minimum absolute atomic E-state index is 0.000697. The van der Waals surface area contributed by atoms with E-state index in [1.807, 2.05) is 6.07 Å². The second-order valence-corrected chi connectivity index (χ2v) is 4.56. The Morgan fingerprint density at radius 1 is 1.32 bits per heavy atom. The molecule has 0 saturated carbocycles. The summed E-state index contributed by atoms with van der Waals surface area (Å²) in [5.74, 6) is 0.290. The predicted molar refractivity (Wildman–Crippen MR) is 76.9 cm³/mol. The molecule has 0 unspecified atom stereocenters. The summed E-state index contributed by atoms with van der Waals surface area (Å²) in [5.41, 5.74) is 0.777. The number of ether oxygens (including phenoxy) is 1. The summed E-state index contributed by atoms with van der Waals surface area (Å²) in [4.78, 5) is 10.5. The zero-order valence-electron chi connectivity index (χ0n) is 11.8. The third-order valence-corrected chi connectivity index (χ3v) is 3.02. The maximum Gasteiger partial charge on any atom is 0.312 e. The van der Waals surface area contributed by atoms with E-state index in [2.05, 4.69) is 19.2 Å². The summed E-state index contributed by atoms with van der Waals surface area (Å²) in [5, 5.41) is 14.3. The van der Waals surface area contributed by atoms with Crippen molar-refractivity contribution in [3.63, 3.8) is 0 Å². The van der Waals surface area contributed by atoms with Crippen LogP contribution in [0.15, 0.2) is 18.2 Å². The highest BCUT2D eigenvalue weighted by atomic mass is 16.6. The maximum absolute atomic E-state index is 11.0. The molecule has 0 radical (unpaired) electrons. The standard InChI is InChI=1S/C14H22N2O3/c1-4-6-11(7-5-2)15-12-8-9-14(19-3)13(10-12)16(17)18/h8-11,15H,4-7H2,1-3H3. The molecule has 0 fully saturated rings. The van der Waals surface area contributed by atoms with Gasteiger partial charge in [0, 0.05) is 17.8 Å². The first-order valence-corrected chi connectivity index (χ1v) is 6.71. The molecule has 1 N–H and O–H groups in total. The zero-order chi connectivity index (χ0) is 14.3. The van der Waals surface area contributed by atoms with Crippen LogP contribution in [0.1, 0.15) is 39.5 Å². The lowest BCUT2D eigenvalue weighted by Gasteiger charge is -2.18. The van der Waals surface area contributed by atoms with Gasteiger partial charge in [0.2, 0.25) is 0 Å². The Balaban J connectivity index is 2.88. The van der Waals surface area contributed by atoms with Gasteiger partial charge in [0.05, 0.1) is 12.0 Å². The van der Waals surface area contributed by atoms with Crippen LogP contribution < -0.4 is 10.1 Å². The Hall–Kier alpha value is -1.78. The summed E-state index contributed by atoms with van der Waals surface area (Å²) >= 11 is 0. The van der Waals surface area contributed by atoms with Gasteiger partial charge in [-0.05, 0) is 25.0 Å². The Kier molecular flexibility index (Phi) is 6.12. The van der Waals surface area contributed by atoms with Crippen LogP contribution in [0, 0.1) is 10.1 Å². The van der Waals surface area contributed by atoms with Gasteiger partial charge in [-0.3, -0.25) is 10.1 Å². The molecule has 1 rings (SSSR count). The molecule has 1 aromatic rings. The number of benzene rings is 1. The van der Waals surface area contributed by atoms with E-state index in [0.717, 1.165) is 31.4 Å². The molecule has 19 heavy (non-hydrogen) atoms. The van der Waals surface area contributed by atoms with E-state index in [-0.39, 0.29) is 11.4 Å². The Morgan fingerprint density at radius 3 is 2.42 bits per heavy atom. The molecule has 0 spiro atoms. The molecule has 1 aromatic carbocycles. The fraction of sp³-hybridized carbons (Fsp3) is 0.571. The van der Waals surface area contributed by atoms with Gasteiger partial charge in [-0.25, -0.2) is 0 Å². The van der Waals surface area contributed by atoms with Crippen molar-refractivity contribution < 1.29 is 9.66 Å². The number of rotatable bonds is 8. The fourth-order valence-corrected chi connectivity index (χ4v) is 2.14. The monoisotopic (exact) mass is 266 g/mol. The van der Waals surface area contributed by atoms with Crippen molar-refractivity contribution in [1.82, 2.24) is 0 Å². The molecule has 0 aromatic heterocycles. The minimum Gasteiger partial charge on any atom is -0.490 e. The first-order valence-electron chi connectivity index (χ1n) is 6.71. The lowest BCUT2D eigenvalue weighted by Crippen LogP contribution is -2.18. The van der Waals surface area contributed by atoms with Gasteiger partial charge < -0.3 is 10.1 Å². The summed E-state index contributed by atoms with van der Waals surface area (Å²) in [6.45, 7) is 4.28. The predicted octanol–water partition coefficient (Wildman–Crippen LogP) is 3.98. The van der Waals surface area contributed by atoms with Crippen LogP contribution in [0.2, 0.25) is 0 Å². The molecule has 0 aliphatic rings. The lowest BCUT2D eigenvalue weighted by atomic mass is 10.1. The summed E-state index contributed by atoms with van der Waals surface area (Å²) in [7, 11) is 1.44. The van der Waals surface area contributed by atoms with Gasteiger partial charge in [-0.1, -0.05) is 26.7 Å². The van der Waals surface area contributed by atoms with E-state index in [9.17, 15) is 10.1 Å². The van der Waals surface area contributed by atoms with Crippen LogP contribution in [0.5, 0.6) is 5.75 Å². The highest BCUT2D eigenvalue weighted by Crippen LogP contribution is 2.30. The summed E-state index contributed by atoms with van der Waals surface area (Å²) < 4.78 is 4.99. The van der Waals surface area contributed by atoms with Crippen LogP contribution in [-0.2, 0) is 0 Å². The average Bonchev–Trinajstić information content (AvgIpc) is 2.39. The van der Waals surface area contributed by atoms with Crippen LogP contribution in [0.25, 0.3) is 0 Å². The van der Waals surface area contributed by atoms with Crippen molar-refractivity contribution in [3.05, 3.63) is 28.3 Å².